The summed E-state index contributed by atoms with van der Waals surface area (Å²) in [5.41, 5.74) is 5.91. The van der Waals surface area contributed by atoms with E-state index in [9.17, 15) is 0 Å². The Morgan fingerprint density at radius 1 is 1.24 bits per heavy atom. The van der Waals surface area contributed by atoms with Gasteiger partial charge in [0.2, 0.25) is 0 Å². The van der Waals surface area contributed by atoms with E-state index in [1.54, 1.807) is 0 Å². The molecule has 0 saturated carbocycles. The van der Waals surface area contributed by atoms with Gasteiger partial charge in [0.05, 0.1) is 12.6 Å². The Morgan fingerprint density at radius 2 is 2.10 bits per heavy atom. The average molecular weight is 287 g/mol. The standard InChI is InChI=1S/C17H25N3O/c1-2-3-4-11-21-14-7-5-13(6-8-14)17-15-12-18-10-9-16(15)19-20-17/h5-8,15,17-18,20H,2-4,9-12H2,1H3. The Labute approximate surface area is 127 Å². The van der Waals surface area contributed by atoms with E-state index in [1.165, 1.54) is 24.1 Å². The van der Waals surface area contributed by atoms with Gasteiger partial charge in [-0.1, -0.05) is 31.9 Å². The number of benzene rings is 1. The van der Waals surface area contributed by atoms with Crippen LogP contribution in [0.15, 0.2) is 29.4 Å². The predicted octanol–water partition coefficient (Wildman–Crippen LogP) is 2.87. The van der Waals surface area contributed by atoms with E-state index in [0.29, 0.717) is 12.0 Å². The summed E-state index contributed by atoms with van der Waals surface area (Å²) in [6, 6.07) is 8.80. The smallest absolute Gasteiger partial charge is 0.119 e. The van der Waals surface area contributed by atoms with E-state index in [1.807, 2.05) is 0 Å². The summed E-state index contributed by atoms with van der Waals surface area (Å²) in [5.74, 6) is 1.46. The highest BCUT2D eigenvalue weighted by Crippen LogP contribution is 2.31. The van der Waals surface area contributed by atoms with E-state index in [-0.39, 0.29) is 0 Å². The molecule has 0 radical (unpaired) electrons. The van der Waals surface area contributed by atoms with Crippen molar-refractivity contribution in [1.82, 2.24) is 10.7 Å². The number of hydrogen-bond acceptors (Lipinski definition) is 4. The van der Waals surface area contributed by atoms with Crippen LogP contribution in [0.5, 0.6) is 5.75 Å². The zero-order chi connectivity index (χ0) is 14.5. The minimum atomic E-state index is 0.307. The van der Waals surface area contributed by atoms with Gasteiger partial charge in [-0.25, -0.2) is 0 Å². The maximum Gasteiger partial charge on any atom is 0.119 e. The first-order valence-corrected chi connectivity index (χ1v) is 8.14. The van der Waals surface area contributed by atoms with Gasteiger partial charge in [0.25, 0.3) is 0 Å². The molecule has 0 aromatic heterocycles. The van der Waals surface area contributed by atoms with Crippen molar-refractivity contribution in [2.24, 2.45) is 11.0 Å². The fourth-order valence-electron chi connectivity index (χ4n) is 3.09. The summed E-state index contributed by atoms with van der Waals surface area (Å²) in [5, 5.41) is 7.97. The molecule has 0 amide bonds. The molecule has 114 valence electrons. The van der Waals surface area contributed by atoms with Gasteiger partial charge in [0, 0.05) is 31.1 Å². The second-order valence-corrected chi connectivity index (χ2v) is 5.90. The topological polar surface area (TPSA) is 45.6 Å². The highest BCUT2D eigenvalue weighted by atomic mass is 16.5. The Balaban J connectivity index is 1.57. The monoisotopic (exact) mass is 287 g/mol. The molecule has 4 nitrogen and oxygen atoms in total. The van der Waals surface area contributed by atoms with Crippen LogP contribution >= 0.6 is 0 Å². The lowest BCUT2D eigenvalue weighted by atomic mass is 9.87. The molecular formula is C17H25N3O. The molecule has 3 rings (SSSR count). The van der Waals surface area contributed by atoms with Gasteiger partial charge in [0.15, 0.2) is 0 Å². The molecule has 21 heavy (non-hydrogen) atoms. The number of fused-ring (bicyclic) bond motifs is 1. The molecule has 2 heterocycles. The van der Waals surface area contributed by atoms with Crippen molar-refractivity contribution in [2.75, 3.05) is 19.7 Å². The molecule has 2 aliphatic heterocycles. The fourth-order valence-corrected chi connectivity index (χ4v) is 3.09. The average Bonchev–Trinajstić information content (AvgIpc) is 2.96. The maximum absolute atomic E-state index is 5.77. The zero-order valence-corrected chi connectivity index (χ0v) is 12.8. The summed E-state index contributed by atoms with van der Waals surface area (Å²) >= 11 is 0. The molecule has 0 bridgehead atoms. The summed E-state index contributed by atoms with van der Waals surface area (Å²) in [4.78, 5) is 0. The van der Waals surface area contributed by atoms with Crippen molar-refractivity contribution >= 4 is 5.71 Å². The van der Waals surface area contributed by atoms with Crippen LogP contribution in [0.25, 0.3) is 0 Å². The Bertz CT molecular complexity index is 483. The van der Waals surface area contributed by atoms with Crippen LogP contribution in [0.2, 0.25) is 0 Å². The number of hydrazone groups is 1. The van der Waals surface area contributed by atoms with Gasteiger partial charge in [-0.3, -0.25) is 0 Å². The Kier molecular flexibility index (Phi) is 4.76. The molecule has 2 atom stereocenters. The second kappa shape index (κ2) is 6.94. The minimum Gasteiger partial charge on any atom is -0.494 e. The van der Waals surface area contributed by atoms with Crippen molar-refractivity contribution in [1.29, 1.82) is 0 Å². The van der Waals surface area contributed by atoms with Gasteiger partial charge in [0.1, 0.15) is 5.75 Å². The van der Waals surface area contributed by atoms with Crippen LogP contribution in [0.4, 0.5) is 0 Å². The van der Waals surface area contributed by atoms with Gasteiger partial charge >= 0.3 is 0 Å². The van der Waals surface area contributed by atoms with Crippen LogP contribution in [-0.4, -0.2) is 25.4 Å². The number of piperidine rings is 1. The van der Waals surface area contributed by atoms with Crippen molar-refractivity contribution < 1.29 is 4.74 Å². The number of nitrogens with one attached hydrogen (secondary N) is 2. The molecular weight excluding hydrogens is 262 g/mol. The third kappa shape index (κ3) is 3.38. The summed E-state index contributed by atoms with van der Waals surface area (Å²) in [7, 11) is 0. The molecule has 1 aromatic carbocycles. The molecule has 4 heteroatoms. The first-order valence-electron chi connectivity index (χ1n) is 8.14. The van der Waals surface area contributed by atoms with E-state index in [0.717, 1.165) is 38.3 Å². The van der Waals surface area contributed by atoms with E-state index < -0.39 is 0 Å². The largest absolute Gasteiger partial charge is 0.494 e. The molecule has 2 unspecified atom stereocenters. The third-order valence-corrected chi connectivity index (χ3v) is 4.36. The molecule has 0 aliphatic carbocycles. The predicted molar refractivity (Wildman–Crippen MR) is 85.8 cm³/mol. The van der Waals surface area contributed by atoms with Gasteiger partial charge in [-0.2, -0.15) is 5.10 Å². The zero-order valence-electron chi connectivity index (χ0n) is 12.8. The fraction of sp³-hybridized carbons (Fsp3) is 0.588. The molecule has 1 aromatic rings. The normalized spacial score (nSPS) is 24.1. The number of nitrogens with zero attached hydrogens (tertiary/aromatic N) is 1. The number of hydrogen-bond donors (Lipinski definition) is 2. The van der Waals surface area contributed by atoms with E-state index in [2.05, 4.69) is 47.0 Å². The Morgan fingerprint density at radius 3 is 2.90 bits per heavy atom. The van der Waals surface area contributed by atoms with Crippen LogP contribution < -0.4 is 15.5 Å². The van der Waals surface area contributed by atoms with E-state index >= 15 is 0 Å². The Hall–Kier alpha value is -1.55. The lowest BCUT2D eigenvalue weighted by molar-refractivity contribution is 0.306. The summed E-state index contributed by atoms with van der Waals surface area (Å²) in [6.07, 6.45) is 4.66. The molecule has 1 saturated heterocycles. The summed E-state index contributed by atoms with van der Waals surface area (Å²) < 4.78 is 5.77. The number of unbranched alkanes of at least 4 members (excludes halogenated alkanes) is 2. The maximum atomic E-state index is 5.77. The van der Waals surface area contributed by atoms with Crippen LogP contribution in [-0.2, 0) is 0 Å². The molecule has 0 spiro atoms. The molecule has 2 aliphatic rings. The van der Waals surface area contributed by atoms with Gasteiger partial charge in [-0.15, -0.1) is 0 Å². The lowest BCUT2D eigenvalue weighted by Crippen LogP contribution is -2.38. The number of ether oxygens (including phenoxy) is 1. The summed E-state index contributed by atoms with van der Waals surface area (Å²) in [6.45, 7) is 5.09. The quantitative estimate of drug-likeness (QED) is 0.791. The van der Waals surface area contributed by atoms with Crippen molar-refractivity contribution in [3.8, 4) is 5.75 Å². The van der Waals surface area contributed by atoms with Crippen LogP contribution in [0.3, 0.4) is 0 Å². The van der Waals surface area contributed by atoms with Crippen molar-refractivity contribution in [2.45, 2.75) is 38.6 Å². The first-order chi connectivity index (χ1) is 10.4. The van der Waals surface area contributed by atoms with Gasteiger partial charge in [-0.05, 0) is 24.1 Å². The number of rotatable bonds is 6. The van der Waals surface area contributed by atoms with Crippen LogP contribution in [0.1, 0.15) is 44.2 Å². The molecule has 1 fully saturated rings. The highest BCUT2D eigenvalue weighted by molar-refractivity contribution is 5.89. The van der Waals surface area contributed by atoms with E-state index in [4.69, 9.17) is 4.74 Å². The second-order valence-electron chi connectivity index (χ2n) is 5.90. The van der Waals surface area contributed by atoms with Crippen LogP contribution in [0, 0.1) is 5.92 Å². The third-order valence-electron chi connectivity index (χ3n) is 4.36. The molecule has 2 N–H and O–H groups in total. The van der Waals surface area contributed by atoms with Crippen molar-refractivity contribution in [3.63, 3.8) is 0 Å². The lowest BCUT2D eigenvalue weighted by Gasteiger charge is -2.25. The first kappa shape index (κ1) is 14.4. The van der Waals surface area contributed by atoms with Gasteiger partial charge < -0.3 is 15.5 Å². The minimum absolute atomic E-state index is 0.307. The SMILES string of the molecule is CCCCCOc1ccc(C2NN=C3CCNCC32)cc1. The highest BCUT2D eigenvalue weighted by Gasteiger charge is 2.34. The van der Waals surface area contributed by atoms with Crippen molar-refractivity contribution in [3.05, 3.63) is 29.8 Å².